The molecule has 0 aliphatic rings. The number of hydrogen-bond donors (Lipinski definition) is 1. The first-order chi connectivity index (χ1) is 7.11. The molecule has 0 aliphatic heterocycles. The van der Waals surface area contributed by atoms with Crippen LogP contribution in [-0.4, -0.2) is 14.5 Å². The first-order valence-electron chi connectivity index (χ1n) is 4.52. The van der Waals surface area contributed by atoms with Crippen molar-refractivity contribution in [3.8, 4) is 5.82 Å². The molecule has 15 heavy (non-hydrogen) atoms. The van der Waals surface area contributed by atoms with Gasteiger partial charge in [-0.15, -0.1) is 0 Å². The van der Waals surface area contributed by atoms with E-state index >= 15 is 0 Å². The Kier molecular flexibility index (Phi) is 2.48. The molecule has 0 aliphatic carbocycles. The predicted molar refractivity (Wildman–Crippen MR) is 62.9 cm³/mol. The molecular weight excluding hydrogens is 256 g/mol. The van der Waals surface area contributed by atoms with E-state index in [1.165, 1.54) is 0 Å². The number of aromatic nitrogens is 3. The first-order valence-corrected chi connectivity index (χ1v) is 5.31. The Morgan fingerprint density at radius 1 is 1.33 bits per heavy atom. The number of nitrogens with two attached hydrogens (primary N) is 1. The fourth-order valence-corrected chi connectivity index (χ4v) is 1.87. The third kappa shape index (κ3) is 1.63. The van der Waals surface area contributed by atoms with E-state index in [-0.39, 0.29) is 0 Å². The average Bonchev–Trinajstić information content (AvgIpc) is 2.62. The Labute approximate surface area is 96.3 Å². The quantitative estimate of drug-likeness (QED) is 0.861. The van der Waals surface area contributed by atoms with Crippen molar-refractivity contribution < 1.29 is 0 Å². The van der Waals surface area contributed by atoms with Gasteiger partial charge < -0.3 is 5.73 Å². The summed E-state index contributed by atoms with van der Waals surface area (Å²) in [6.45, 7) is 3.89. The van der Waals surface area contributed by atoms with Crippen LogP contribution in [0, 0.1) is 13.8 Å². The molecule has 2 N–H and O–H groups in total. The summed E-state index contributed by atoms with van der Waals surface area (Å²) in [6, 6.07) is 0. The van der Waals surface area contributed by atoms with Crippen molar-refractivity contribution in [2.75, 3.05) is 5.73 Å². The number of rotatable bonds is 1. The van der Waals surface area contributed by atoms with E-state index in [0.717, 1.165) is 21.7 Å². The van der Waals surface area contributed by atoms with Gasteiger partial charge in [-0.3, -0.25) is 4.57 Å². The maximum absolute atomic E-state index is 5.76. The third-order valence-electron chi connectivity index (χ3n) is 2.34. The highest BCUT2D eigenvalue weighted by atomic mass is 79.9. The van der Waals surface area contributed by atoms with Gasteiger partial charge in [0.25, 0.3) is 0 Å². The van der Waals surface area contributed by atoms with Crippen LogP contribution < -0.4 is 5.73 Å². The number of hydrogen-bond acceptors (Lipinski definition) is 3. The minimum absolute atomic E-state index is 0.684. The molecule has 0 fully saturated rings. The van der Waals surface area contributed by atoms with Crippen LogP contribution in [0.15, 0.2) is 23.1 Å². The second-order valence-corrected chi connectivity index (χ2v) is 4.11. The largest absolute Gasteiger partial charge is 0.397 e. The molecule has 0 amide bonds. The summed E-state index contributed by atoms with van der Waals surface area (Å²) in [7, 11) is 0. The summed E-state index contributed by atoms with van der Waals surface area (Å²) in [5.74, 6) is 1.71. The lowest BCUT2D eigenvalue weighted by atomic mass is 10.2. The standard InChI is InChI=1S/C10H11BrN4/c1-6-8(12)5-14-10(9(6)11)15-4-3-13-7(15)2/h3-5H,12H2,1-2H3. The van der Waals surface area contributed by atoms with Crippen molar-refractivity contribution in [2.24, 2.45) is 0 Å². The smallest absolute Gasteiger partial charge is 0.152 e. The molecule has 0 radical (unpaired) electrons. The van der Waals surface area contributed by atoms with Gasteiger partial charge in [0.05, 0.1) is 16.4 Å². The highest BCUT2D eigenvalue weighted by molar-refractivity contribution is 9.10. The molecule has 2 aromatic heterocycles. The predicted octanol–water partition coefficient (Wildman–Crippen LogP) is 2.23. The van der Waals surface area contributed by atoms with E-state index in [4.69, 9.17) is 5.73 Å². The van der Waals surface area contributed by atoms with Crippen LogP contribution in [0.5, 0.6) is 0 Å². The molecule has 2 rings (SSSR count). The van der Waals surface area contributed by atoms with E-state index < -0.39 is 0 Å². The molecule has 0 unspecified atom stereocenters. The van der Waals surface area contributed by atoms with Gasteiger partial charge in [-0.25, -0.2) is 9.97 Å². The average molecular weight is 267 g/mol. The summed E-state index contributed by atoms with van der Waals surface area (Å²) in [5.41, 5.74) is 7.44. The molecule has 2 aromatic rings. The van der Waals surface area contributed by atoms with E-state index in [2.05, 4.69) is 25.9 Å². The van der Waals surface area contributed by atoms with E-state index in [1.807, 2.05) is 24.6 Å². The highest BCUT2D eigenvalue weighted by Crippen LogP contribution is 2.27. The lowest BCUT2D eigenvalue weighted by Gasteiger charge is -2.10. The van der Waals surface area contributed by atoms with Crippen molar-refractivity contribution in [1.29, 1.82) is 0 Å². The molecule has 0 saturated carbocycles. The van der Waals surface area contributed by atoms with Gasteiger partial charge in [-0.05, 0) is 35.3 Å². The van der Waals surface area contributed by atoms with E-state index in [0.29, 0.717) is 5.69 Å². The monoisotopic (exact) mass is 266 g/mol. The zero-order valence-corrected chi connectivity index (χ0v) is 10.1. The van der Waals surface area contributed by atoms with Gasteiger partial charge in [0.15, 0.2) is 5.82 Å². The van der Waals surface area contributed by atoms with Gasteiger partial charge >= 0.3 is 0 Å². The highest BCUT2D eigenvalue weighted by Gasteiger charge is 2.10. The maximum atomic E-state index is 5.76. The second kappa shape index (κ2) is 3.66. The van der Waals surface area contributed by atoms with E-state index in [1.54, 1.807) is 12.4 Å². The Hall–Kier alpha value is -1.36. The molecular formula is C10H11BrN4. The lowest BCUT2D eigenvalue weighted by Crippen LogP contribution is -2.03. The van der Waals surface area contributed by atoms with Crippen LogP contribution in [0.3, 0.4) is 0 Å². The molecule has 78 valence electrons. The fraction of sp³-hybridized carbons (Fsp3) is 0.200. The van der Waals surface area contributed by atoms with Crippen molar-refractivity contribution in [3.05, 3.63) is 34.5 Å². The third-order valence-corrected chi connectivity index (χ3v) is 3.29. The number of nitrogens with zero attached hydrogens (tertiary/aromatic N) is 3. The van der Waals surface area contributed by atoms with Crippen LogP contribution in [0.25, 0.3) is 5.82 Å². The molecule has 0 spiro atoms. The number of pyridine rings is 1. The lowest BCUT2D eigenvalue weighted by molar-refractivity contribution is 0.923. The number of anilines is 1. The molecule has 0 saturated heterocycles. The number of halogens is 1. The van der Waals surface area contributed by atoms with Crippen LogP contribution in [0.4, 0.5) is 5.69 Å². The Balaban J connectivity index is 2.65. The minimum Gasteiger partial charge on any atom is -0.397 e. The molecule has 5 heteroatoms. The first kappa shape index (κ1) is 10.2. The van der Waals surface area contributed by atoms with Crippen molar-refractivity contribution in [3.63, 3.8) is 0 Å². The van der Waals surface area contributed by atoms with Crippen molar-refractivity contribution >= 4 is 21.6 Å². The zero-order chi connectivity index (χ0) is 11.0. The SMILES string of the molecule is Cc1c(N)cnc(-n2ccnc2C)c1Br. The Bertz CT molecular complexity index is 504. The molecule has 0 aromatic carbocycles. The van der Waals surface area contributed by atoms with Gasteiger partial charge in [0.2, 0.25) is 0 Å². The Morgan fingerprint density at radius 2 is 2.07 bits per heavy atom. The second-order valence-electron chi connectivity index (χ2n) is 3.32. The van der Waals surface area contributed by atoms with Crippen LogP contribution >= 0.6 is 15.9 Å². The summed E-state index contributed by atoms with van der Waals surface area (Å²) < 4.78 is 2.82. The van der Waals surface area contributed by atoms with Gasteiger partial charge in [-0.1, -0.05) is 0 Å². The molecule has 2 heterocycles. The van der Waals surface area contributed by atoms with E-state index in [9.17, 15) is 0 Å². The fourth-order valence-electron chi connectivity index (χ4n) is 1.35. The van der Waals surface area contributed by atoms with Gasteiger partial charge in [0, 0.05) is 12.4 Å². The molecule has 4 nitrogen and oxygen atoms in total. The normalized spacial score (nSPS) is 10.6. The van der Waals surface area contributed by atoms with Crippen molar-refractivity contribution in [1.82, 2.24) is 14.5 Å². The van der Waals surface area contributed by atoms with Crippen molar-refractivity contribution in [2.45, 2.75) is 13.8 Å². The van der Waals surface area contributed by atoms with Crippen LogP contribution in [0.1, 0.15) is 11.4 Å². The summed E-state index contributed by atoms with van der Waals surface area (Å²) in [4.78, 5) is 8.45. The Morgan fingerprint density at radius 3 is 2.67 bits per heavy atom. The zero-order valence-electron chi connectivity index (χ0n) is 8.53. The topological polar surface area (TPSA) is 56.7 Å². The van der Waals surface area contributed by atoms with Gasteiger partial charge in [0.1, 0.15) is 5.82 Å². The van der Waals surface area contributed by atoms with Crippen LogP contribution in [-0.2, 0) is 0 Å². The van der Waals surface area contributed by atoms with Gasteiger partial charge in [-0.2, -0.15) is 0 Å². The summed E-state index contributed by atoms with van der Waals surface area (Å²) in [6.07, 6.45) is 5.28. The summed E-state index contributed by atoms with van der Waals surface area (Å²) >= 11 is 3.50. The molecule has 0 atom stereocenters. The number of imidazole rings is 1. The number of nitrogen functional groups attached to an aromatic ring is 1. The number of aryl methyl sites for hydroxylation is 1. The summed E-state index contributed by atoms with van der Waals surface area (Å²) in [5, 5.41) is 0. The van der Waals surface area contributed by atoms with Crippen LogP contribution in [0.2, 0.25) is 0 Å². The molecule has 0 bridgehead atoms. The minimum atomic E-state index is 0.684. The maximum Gasteiger partial charge on any atom is 0.152 e.